The number of aromatic amines is 1. The highest BCUT2D eigenvalue weighted by Crippen LogP contribution is 2.23. The SMILES string of the molecule is NC(=O)C1CC(=O)N(Cc2cccc3[nH]ccc23)C1. The number of amides is 2. The summed E-state index contributed by atoms with van der Waals surface area (Å²) in [5.41, 5.74) is 7.40. The third-order valence-corrected chi connectivity index (χ3v) is 3.66. The number of nitrogens with one attached hydrogen (secondary N) is 1. The second-order valence-electron chi connectivity index (χ2n) is 4.93. The van der Waals surface area contributed by atoms with Crippen molar-refractivity contribution in [3.63, 3.8) is 0 Å². The number of carbonyl (C=O) groups is 2. The van der Waals surface area contributed by atoms with Gasteiger partial charge in [-0.2, -0.15) is 0 Å². The molecule has 98 valence electrons. The van der Waals surface area contributed by atoms with Crippen molar-refractivity contribution in [2.45, 2.75) is 13.0 Å². The minimum atomic E-state index is -0.393. The lowest BCUT2D eigenvalue weighted by atomic mass is 10.1. The number of rotatable bonds is 3. The monoisotopic (exact) mass is 257 g/mol. The first-order valence-electron chi connectivity index (χ1n) is 6.27. The molecule has 5 heteroatoms. The zero-order valence-electron chi connectivity index (χ0n) is 10.4. The van der Waals surface area contributed by atoms with Gasteiger partial charge in [-0.05, 0) is 17.7 Å². The van der Waals surface area contributed by atoms with Gasteiger partial charge in [0.05, 0.1) is 5.92 Å². The number of primary amides is 1. The van der Waals surface area contributed by atoms with E-state index in [0.717, 1.165) is 16.5 Å². The van der Waals surface area contributed by atoms with Crippen molar-refractivity contribution in [1.29, 1.82) is 0 Å². The summed E-state index contributed by atoms with van der Waals surface area (Å²) < 4.78 is 0. The van der Waals surface area contributed by atoms with Crippen LogP contribution in [-0.4, -0.2) is 28.2 Å². The zero-order chi connectivity index (χ0) is 13.4. The standard InChI is InChI=1S/C14H15N3O2/c15-14(19)10-6-13(18)17(8-10)7-9-2-1-3-12-11(9)4-5-16-12/h1-5,10,16H,6-8H2,(H2,15,19). The summed E-state index contributed by atoms with van der Waals surface area (Å²) in [6.45, 7) is 0.951. The molecule has 5 nitrogen and oxygen atoms in total. The lowest BCUT2D eigenvalue weighted by Crippen LogP contribution is -2.28. The van der Waals surface area contributed by atoms with Crippen LogP contribution in [0, 0.1) is 5.92 Å². The number of hydrogen-bond acceptors (Lipinski definition) is 2. The summed E-state index contributed by atoms with van der Waals surface area (Å²) in [5.74, 6) is -0.745. The predicted molar refractivity (Wildman–Crippen MR) is 71.0 cm³/mol. The maximum Gasteiger partial charge on any atom is 0.223 e. The molecule has 0 radical (unpaired) electrons. The summed E-state index contributed by atoms with van der Waals surface area (Å²) in [6.07, 6.45) is 2.12. The van der Waals surface area contributed by atoms with Crippen molar-refractivity contribution >= 4 is 22.7 Å². The molecule has 0 bridgehead atoms. The van der Waals surface area contributed by atoms with Crippen molar-refractivity contribution in [2.75, 3.05) is 6.54 Å². The van der Waals surface area contributed by atoms with Gasteiger partial charge in [-0.25, -0.2) is 0 Å². The van der Waals surface area contributed by atoms with Crippen LogP contribution in [0.3, 0.4) is 0 Å². The Morgan fingerprint density at radius 2 is 2.26 bits per heavy atom. The van der Waals surface area contributed by atoms with Crippen LogP contribution >= 0.6 is 0 Å². The fourth-order valence-electron chi connectivity index (χ4n) is 2.61. The van der Waals surface area contributed by atoms with Crippen molar-refractivity contribution < 1.29 is 9.59 Å². The Balaban J connectivity index is 1.84. The summed E-state index contributed by atoms with van der Waals surface area (Å²) >= 11 is 0. The molecule has 0 aliphatic carbocycles. The maximum absolute atomic E-state index is 11.9. The zero-order valence-corrected chi connectivity index (χ0v) is 10.4. The summed E-state index contributed by atoms with van der Waals surface area (Å²) in [4.78, 5) is 27.9. The second-order valence-corrected chi connectivity index (χ2v) is 4.93. The molecule has 2 amide bonds. The van der Waals surface area contributed by atoms with Crippen molar-refractivity contribution in [1.82, 2.24) is 9.88 Å². The number of carbonyl (C=O) groups excluding carboxylic acids is 2. The molecule has 1 fully saturated rings. The quantitative estimate of drug-likeness (QED) is 0.860. The van der Waals surface area contributed by atoms with Gasteiger partial charge in [0.1, 0.15) is 0 Å². The van der Waals surface area contributed by atoms with Crippen LogP contribution < -0.4 is 5.73 Å². The smallest absolute Gasteiger partial charge is 0.223 e. The molecular formula is C14H15N3O2. The predicted octanol–water partition coefficient (Wildman–Crippen LogP) is 1.00. The Morgan fingerprint density at radius 3 is 3.00 bits per heavy atom. The van der Waals surface area contributed by atoms with Gasteiger partial charge in [0.2, 0.25) is 11.8 Å². The van der Waals surface area contributed by atoms with Gasteiger partial charge < -0.3 is 15.6 Å². The van der Waals surface area contributed by atoms with Gasteiger partial charge in [-0.1, -0.05) is 12.1 Å². The van der Waals surface area contributed by atoms with Gasteiger partial charge in [-0.15, -0.1) is 0 Å². The Hall–Kier alpha value is -2.30. The molecule has 19 heavy (non-hydrogen) atoms. The molecule has 2 aromatic rings. The van der Waals surface area contributed by atoms with Gasteiger partial charge >= 0.3 is 0 Å². The summed E-state index contributed by atoms with van der Waals surface area (Å²) in [5, 5.41) is 1.11. The molecule has 3 N–H and O–H groups in total. The number of benzene rings is 1. The van der Waals surface area contributed by atoms with E-state index >= 15 is 0 Å². The molecule has 1 unspecified atom stereocenters. The van der Waals surface area contributed by atoms with E-state index in [0.29, 0.717) is 13.1 Å². The number of nitrogens with zero attached hydrogens (tertiary/aromatic N) is 1. The molecular weight excluding hydrogens is 242 g/mol. The van der Waals surface area contributed by atoms with E-state index in [1.165, 1.54) is 0 Å². The van der Waals surface area contributed by atoms with Crippen molar-refractivity contribution in [3.8, 4) is 0 Å². The van der Waals surface area contributed by atoms with E-state index in [1.54, 1.807) is 4.90 Å². The molecule has 3 rings (SSSR count). The first-order chi connectivity index (χ1) is 9.15. The number of nitrogens with two attached hydrogens (primary N) is 1. The van der Waals surface area contributed by atoms with Crippen LogP contribution in [0.4, 0.5) is 0 Å². The highest BCUT2D eigenvalue weighted by Gasteiger charge is 2.33. The van der Waals surface area contributed by atoms with E-state index in [1.807, 2.05) is 30.5 Å². The summed E-state index contributed by atoms with van der Waals surface area (Å²) in [6, 6.07) is 7.95. The van der Waals surface area contributed by atoms with Gasteiger partial charge in [-0.3, -0.25) is 9.59 Å². The Labute approximate surface area is 110 Å². The molecule has 1 aliphatic rings. The number of hydrogen-bond donors (Lipinski definition) is 2. The van der Waals surface area contributed by atoms with E-state index in [9.17, 15) is 9.59 Å². The Bertz CT molecular complexity index is 647. The van der Waals surface area contributed by atoms with E-state index in [4.69, 9.17) is 5.73 Å². The molecule has 1 saturated heterocycles. The third-order valence-electron chi connectivity index (χ3n) is 3.66. The number of H-pyrrole nitrogens is 1. The average Bonchev–Trinajstić information content (AvgIpc) is 2.97. The van der Waals surface area contributed by atoms with Crippen molar-refractivity contribution in [3.05, 3.63) is 36.0 Å². The van der Waals surface area contributed by atoms with E-state index in [2.05, 4.69) is 4.98 Å². The van der Waals surface area contributed by atoms with E-state index in [-0.39, 0.29) is 18.2 Å². The molecule has 1 aromatic heterocycles. The van der Waals surface area contributed by atoms with Crippen LogP contribution in [0.25, 0.3) is 10.9 Å². The average molecular weight is 257 g/mol. The minimum absolute atomic E-state index is 0.00339. The highest BCUT2D eigenvalue weighted by molar-refractivity contribution is 5.89. The van der Waals surface area contributed by atoms with Crippen LogP contribution in [0.5, 0.6) is 0 Å². The fraction of sp³-hybridized carbons (Fsp3) is 0.286. The van der Waals surface area contributed by atoms with Crippen LogP contribution in [0.1, 0.15) is 12.0 Å². The highest BCUT2D eigenvalue weighted by atomic mass is 16.2. The fourth-order valence-corrected chi connectivity index (χ4v) is 2.61. The lowest BCUT2D eigenvalue weighted by Gasteiger charge is -2.16. The van der Waals surface area contributed by atoms with E-state index < -0.39 is 5.91 Å². The van der Waals surface area contributed by atoms with Crippen LogP contribution in [0.15, 0.2) is 30.5 Å². The normalized spacial score (nSPS) is 19.3. The lowest BCUT2D eigenvalue weighted by molar-refractivity contribution is -0.128. The minimum Gasteiger partial charge on any atom is -0.369 e. The molecule has 0 spiro atoms. The van der Waals surface area contributed by atoms with Gasteiger partial charge in [0.25, 0.3) is 0 Å². The number of aromatic nitrogens is 1. The molecule has 1 aliphatic heterocycles. The first kappa shape index (κ1) is 11.8. The molecule has 1 aromatic carbocycles. The van der Waals surface area contributed by atoms with Crippen LogP contribution in [0.2, 0.25) is 0 Å². The molecule has 1 atom stereocenters. The third kappa shape index (κ3) is 2.07. The number of likely N-dealkylation sites (tertiary alicyclic amines) is 1. The Kier molecular flexibility index (Phi) is 2.74. The van der Waals surface area contributed by atoms with Crippen molar-refractivity contribution in [2.24, 2.45) is 11.7 Å². The summed E-state index contributed by atoms with van der Waals surface area (Å²) in [7, 11) is 0. The molecule has 2 heterocycles. The van der Waals surface area contributed by atoms with Gasteiger partial charge in [0.15, 0.2) is 0 Å². The molecule has 0 saturated carbocycles. The Morgan fingerprint density at radius 1 is 1.42 bits per heavy atom. The first-order valence-corrected chi connectivity index (χ1v) is 6.27. The largest absolute Gasteiger partial charge is 0.369 e. The van der Waals surface area contributed by atoms with Crippen LogP contribution in [-0.2, 0) is 16.1 Å². The number of fused-ring (bicyclic) bond motifs is 1. The topological polar surface area (TPSA) is 79.2 Å². The second kappa shape index (κ2) is 4.42. The maximum atomic E-state index is 11.9. The van der Waals surface area contributed by atoms with Gasteiger partial charge in [0, 0.05) is 36.6 Å².